The monoisotopic (exact) mass is 485 g/mol. The summed E-state index contributed by atoms with van der Waals surface area (Å²) in [6, 6.07) is 27.7. The molecule has 5 nitrogen and oxygen atoms in total. The van der Waals surface area contributed by atoms with E-state index in [-0.39, 0.29) is 40.4 Å². The normalized spacial score (nSPS) is 25.2. The molecule has 3 aromatic carbocycles. The standard InChI is InChI=1S/C29H31N3O2S/c1-3-29(2)18-20-12-10-11-17-23(20)26-25(29)27(34)31-28(30-26)35-19-24(33)32(21-13-6-4-7-14-21)22-15-8-5-9-16-22/h4-17,25-26,28,30H,3,18-19H2,1-2H3,(H,31,34). The lowest BCUT2D eigenvalue weighted by atomic mass is 9.61. The zero-order valence-electron chi connectivity index (χ0n) is 20.1. The summed E-state index contributed by atoms with van der Waals surface area (Å²) in [6.07, 6.45) is 1.83. The molecule has 5 rings (SSSR count). The number of hydrogen-bond acceptors (Lipinski definition) is 4. The third kappa shape index (κ3) is 4.60. The summed E-state index contributed by atoms with van der Waals surface area (Å²) in [5, 5.41) is 6.82. The first-order valence-corrected chi connectivity index (χ1v) is 13.2. The molecule has 0 spiro atoms. The molecule has 180 valence electrons. The lowest BCUT2D eigenvalue weighted by molar-refractivity contribution is -0.134. The van der Waals surface area contributed by atoms with Crippen molar-refractivity contribution >= 4 is 35.0 Å². The van der Waals surface area contributed by atoms with Gasteiger partial charge in [0.2, 0.25) is 11.8 Å². The molecule has 3 aromatic rings. The quantitative estimate of drug-likeness (QED) is 0.490. The van der Waals surface area contributed by atoms with Crippen LogP contribution in [0.2, 0.25) is 0 Å². The van der Waals surface area contributed by atoms with Crippen LogP contribution in [0.5, 0.6) is 0 Å². The van der Waals surface area contributed by atoms with Crippen molar-refractivity contribution in [3.05, 3.63) is 96.1 Å². The molecule has 1 aliphatic heterocycles. The lowest BCUT2D eigenvalue weighted by Gasteiger charge is -2.50. The molecule has 2 amide bonds. The van der Waals surface area contributed by atoms with Crippen LogP contribution in [-0.4, -0.2) is 23.1 Å². The molecule has 4 atom stereocenters. The average molecular weight is 486 g/mol. The Morgan fingerprint density at radius 1 is 0.971 bits per heavy atom. The van der Waals surface area contributed by atoms with Crippen LogP contribution in [-0.2, 0) is 16.0 Å². The Labute approximate surface area is 211 Å². The smallest absolute Gasteiger partial charge is 0.241 e. The Morgan fingerprint density at radius 3 is 2.20 bits per heavy atom. The third-order valence-electron chi connectivity index (χ3n) is 7.41. The molecule has 6 heteroatoms. The highest BCUT2D eigenvalue weighted by Crippen LogP contribution is 2.49. The number of amides is 2. The van der Waals surface area contributed by atoms with Gasteiger partial charge >= 0.3 is 0 Å². The second-order valence-electron chi connectivity index (χ2n) is 9.61. The van der Waals surface area contributed by atoms with Gasteiger partial charge in [-0.2, -0.15) is 0 Å². The van der Waals surface area contributed by atoms with Crippen LogP contribution in [0.1, 0.15) is 37.4 Å². The number of nitrogens with one attached hydrogen (secondary N) is 2. The van der Waals surface area contributed by atoms with E-state index < -0.39 is 0 Å². The number of nitrogens with zero attached hydrogens (tertiary/aromatic N) is 1. The number of rotatable bonds is 6. The zero-order chi connectivity index (χ0) is 24.4. The van der Waals surface area contributed by atoms with Crippen molar-refractivity contribution in [2.24, 2.45) is 11.3 Å². The molecule has 4 unspecified atom stereocenters. The van der Waals surface area contributed by atoms with Gasteiger partial charge < -0.3 is 5.32 Å². The SMILES string of the molecule is CCC1(C)Cc2ccccc2C2NC(SCC(=O)N(c3ccccc3)c3ccccc3)NC(=O)C21. The minimum absolute atomic E-state index is 0.0342. The Kier molecular flexibility index (Phi) is 6.67. The zero-order valence-corrected chi connectivity index (χ0v) is 20.9. The number of anilines is 2. The fourth-order valence-corrected chi connectivity index (χ4v) is 6.33. The summed E-state index contributed by atoms with van der Waals surface area (Å²) >= 11 is 1.43. The predicted octanol–water partition coefficient (Wildman–Crippen LogP) is 5.42. The predicted molar refractivity (Wildman–Crippen MR) is 142 cm³/mol. The number of para-hydroxylation sites is 2. The summed E-state index contributed by atoms with van der Waals surface area (Å²) in [5.41, 5.74) is 3.70. The molecule has 0 radical (unpaired) electrons. The van der Waals surface area contributed by atoms with E-state index in [0.717, 1.165) is 24.2 Å². The van der Waals surface area contributed by atoms with E-state index in [0.29, 0.717) is 0 Å². The van der Waals surface area contributed by atoms with Crippen molar-refractivity contribution in [3.63, 3.8) is 0 Å². The van der Waals surface area contributed by atoms with Gasteiger partial charge in [-0.05, 0) is 53.6 Å². The average Bonchev–Trinajstić information content (AvgIpc) is 2.89. The second kappa shape index (κ2) is 9.88. The molecule has 0 aromatic heterocycles. The molecule has 2 aliphatic rings. The maximum Gasteiger partial charge on any atom is 0.241 e. The van der Waals surface area contributed by atoms with Crippen molar-refractivity contribution in [1.29, 1.82) is 0 Å². The Morgan fingerprint density at radius 2 is 1.57 bits per heavy atom. The van der Waals surface area contributed by atoms with Crippen molar-refractivity contribution < 1.29 is 9.59 Å². The molecule has 0 saturated carbocycles. The summed E-state index contributed by atoms with van der Waals surface area (Å²) in [7, 11) is 0. The molecule has 0 bridgehead atoms. The number of benzene rings is 3. The molecule has 1 aliphatic carbocycles. The van der Waals surface area contributed by atoms with Crippen LogP contribution in [0.25, 0.3) is 0 Å². The minimum Gasteiger partial charge on any atom is -0.331 e. The van der Waals surface area contributed by atoms with Gasteiger partial charge in [-0.1, -0.05) is 74.5 Å². The van der Waals surface area contributed by atoms with E-state index in [9.17, 15) is 9.59 Å². The number of thioether (sulfide) groups is 1. The van der Waals surface area contributed by atoms with E-state index >= 15 is 0 Å². The maximum absolute atomic E-state index is 13.5. The summed E-state index contributed by atoms with van der Waals surface area (Å²) in [6.45, 7) is 4.38. The van der Waals surface area contributed by atoms with Crippen molar-refractivity contribution in [2.45, 2.75) is 38.2 Å². The first kappa shape index (κ1) is 23.6. The first-order valence-electron chi connectivity index (χ1n) is 12.2. The van der Waals surface area contributed by atoms with Gasteiger partial charge in [-0.15, -0.1) is 11.8 Å². The largest absolute Gasteiger partial charge is 0.331 e. The van der Waals surface area contributed by atoms with Gasteiger partial charge in [-0.3, -0.25) is 19.8 Å². The summed E-state index contributed by atoms with van der Waals surface area (Å²) in [4.78, 5) is 28.6. The van der Waals surface area contributed by atoms with E-state index in [1.54, 1.807) is 4.90 Å². The Balaban J connectivity index is 1.35. The topological polar surface area (TPSA) is 61.4 Å². The van der Waals surface area contributed by atoms with Crippen molar-refractivity contribution in [2.75, 3.05) is 10.7 Å². The Hall–Kier alpha value is -3.09. The van der Waals surface area contributed by atoms with E-state index in [1.807, 2.05) is 66.7 Å². The van der Waals surface area contributed by atoms with E-state index in [4.69, 9.17) is 0 Å². The highest BCUT2D eigenvalue weighted by atomic mass is 32.2. The molecule has 35 heavy (non-hydrogen) atoms. The number of hydrogen-bond donors (Lipinski definition) is 2. The highest BCUT2D eigenvalue weighted by Gasteiger charge is 2.50. The number of carbonyl (C=O) groups excluding carboxylic acids is 2. The van der Waals surface area contributed by atoms with Gasteiger partial charge in [0.05, 0.1) is 11.7 Å². The maximum atomic E-state index is 13.5. The summed E-state index contributed by atoms with van der Waals surface area (Å²) in [5.74, 6) is 0.125. The third-order valence-corrected chi connectivity index (χ3v) is 8.42. The van der Waals surface area contributed by atoms with Crippen LogP contribution < -0.4 is 15.5 Å². The van der Waals surface area contributed by atoms with Gasteiger partial charge in [0, 0.05) is 17.4 Å². The van der Waals surface area contributed by atoms with Gasteiger partial charge in [0.15, 0.2) is 0 Å². The van der Waals surface area contributed by atoms with Crippen LogP contribution in [0, 0.1) is 11.3 Å². The second-order valence-corrected chi connectivity index (χ2v) is 10.7. The molecule has 1 fully saturated rings. The first-order chi connectivity index (χ1) is 17.0. The lowest BCUT2D eigenvalue weighted by Crippen LogP contribution is -2.61. The van der Waals surface area contributed by atoms with Crippen molar-refractivity contribution in [3.8, 4) is 0 Å². The molecule has 2 N–H and O–H groups in total. The molecule has 1 heterocycles. The van der Waals surface area contributed by atoms with Crippen molar-refractivity contribution in [1.82, 2.24) is 10.6 Å². The van der Waals surface area contributed by atoms with Crippen LogP contribution in [0.15, 0.2) is 84.9 Å². The van der Waals surface area contributed by atoms with Crippen LogP contribution in [0.3, 0.4) is 0 Å². The van der Waals surface area contributed by atoms with E-state index in [1.165, 1.54) is 22.9 Å². The molecule has 1 saturated heterocycles. The fourth-order valence-electron chi connectivity index (χ4n) is 5.45. The van der Waals surface area contributed by atoms with Crippen LogP contribution in [0.4, 0.5) is 11.4 Å². The van der Waals surface area contributed by atoms with Gasteiger partial charge in [0.1, 0.15) is 5.50 Å². The van der Waals surface area contributed by atoms with Crippen LogP contribution >= 0.6 is 11.8 Å². The minimum atomic E-state index is -0.339. The fraction of sp³-hybridized carbons (Fsp3) is 0.310. The van der Waals surface area contributed by atoms with Gasteiger partial charge in [0.25, 0.3) is 0 Å². The molecular formula is C29H31N3O2S. The Bertz CT molecular complexity index is 1160. The summed E-state index contributed by atoms with van der Waals surface area (Å²) < 4.78 is 0. The molecular weight excluding hydrogens is 454 g/mol. The highest BCUT2D eigenvalue weighted by molar-refractivity contribution is 8.00. The number of fused-ring (bicyclic) bond motifs is 3. The number of carbonyl (C=O) groups is 2. The van der Waals surface area contributed by atoms with E-state index in [2.05, 4.69) is 42.7 Å². The van der Waals surface area contributed by atoms with Gasteiger partial charge in [-0.25, -0.2) is 0 Å².